The second-order valence-electron chi connectivity index (χ2n) is 2.35. The molecule has 1 aromatic rings. The molecule has 3 nitrogen and oxygen atoms in total. The van der Waals surface area contributed by atoms with Gasteiger partial charge in [0, 0.05) is 12.1 Å². The van der Waals surface area contributed by atoms with Crippen molar-refractivity contribution in [2.24, 2.45) is 0 Å². The molecule has 0 saturated carbocycles. The molecule has 0 bridgehead atoms. The normalized spacial score (nSPS) is 10.4. The van der Waals surface area contributed by atoms with Crippen LogP contribution in [0.15, 0.2) is 30.3 Å². The van der Waals surface area contributed by atoms with E-state index in [2.05, 4.69) is 0 Å². The lowest BCUT2D eigenvalue weighted by atomic mass is 10.2. The second-order valence-corrected chi connectivity index (χ2v) is 2.35. The van der Waals surface area contributed by atoms with E-state index in [4.69, 9.17) is 0 Å². The van der Waals surface area contributed by atoms with Gasteiger partial charge in [0.15, 0.2) is 0 Å². The second kappa shape index (κ2) is 3.67. The largest absolute Gasteiger partial charge is 0.269 e. The first-order valence-electron chi connectivity index (χ1n) is 3.61. The van der Waals surface area contributed by atoms with Gasteiger partial charge in [-0.1, -0.05) is 12.2 Å². The van der Waals surface area contributed by atoms with E-state index in [0.29, 0.717) is 0 Å². The topological polar surface area (TPSA) is 43.1 Å². The number of hydrogen-bond donors (Lipinski definition) is 0. The zero-order valence-electron chi connectivity index (χ0n) is 6.73. The molecule has 62 valence electrons. The van der Waals surface area contributed by atoms with Crippen LogP contribution in [0.3, 0.4) is 0 Å². The summed E-state index contributed by atoms with van der Waals surface area (Å²) < 4.78 is 0. The Hall–Kier alpha value is -1.64. The van der Waals surface area contributed by atoms with E-state index in [-0.39, 0.29) is 5.69 Å². The van der Waals surface area contributed by atoms with E-state index in [9.17, 15) is 10.1 Å². The lowest BCUT2D eigenvalue weighted by molar-refractivity contribution is -0.384. The SMILES string of the molecule is C/C=C/c1ccc([N+](=O)[O-])cc1. The van der Waals surface area contributed by atoms with Crippen LogP contribution in [0.25, 0.3) is 6.08 Å². The Morgan fingerprint density at radius 2 is 1.92 bits per heavy atom. The van der Waals surface area contributed by atoms with Gasteiger partial charge in [0.1, 0.15) is 0 Å². The molecule has 0 saturated heterocycles. The first kappa shape index (κ1) is 8.46. The van der Waals surface area contributed by atoms with Gasteiger partial charge in [-0.05, 0) is 24.6 Å². The molecule has 0 radical (unpaired) electrons. The molecule has 0 atom stereocenters. The van der Waals surface area contributed by atoms with Crippen molar-refractivity contribution < 1.29 is 4.92 Å². The van der Waals surface area contributed by atoms with Gasteiger partial charge < -0.3 is 0 Å². The van der Waals surface area contributed by atoms with Crippen LogP contribution in [0, 0.1) is 10.1 Å². The van der Waals surface area contributed by atoms with Crippen LogP contribution < -0.4 is 0 Å². The van der Waals surface area contributed by atoms with Crippen LogP contribution in [-0.2, 0) is 0 Å². The molecule has 12 heavy (non-hydrogen) atoms. The Labute approximate surface area is 70.5 Å². The first-order valence-corrected chi connectivity index (χ1v) is 3.61. The van der Waals surface area contributed by atoms with Crippen molar-refractivity contribution >= 4 is 11.8 Å². The molecular formula is C9H9NO2. The van der Waals surface area contributed by atoms with Crippen molar-refractivity contribution in [3.05, 3.63) is 46.0 Å². The maximum absolute atomic E-state index is 10.3. The third kappa shape index (κ3) is 1.92. The molecule has 0 heterocycles. The summed E-state index contributed by atoms with van der Waals surface area (Å²) in [5.41, 5.74) is 1.10. The van der Waals surface area contributed by atoms with Gasteiger partial charge >= 0.3 is 0 Å². The number of non-ortho nitro benzene ring substituents is 1. The predicted molar refractivity (Wildman–Crippen MR) is 47.8 cm³/mol. The van der Waals surface area contributed by atoms with Crippen LogP contribution >= 0.6 is 0 Å². The molecule has 0 unspecified atom stereocenters. The Morgan fingerprint density at radius 3 is 2.33 bits per heavy atom. The molecule has 0 aliphatic rings. The molecule has 0 N–H and O–H groups in total. The zero-order chi connectivity index (χ0) is 8.97. The van der Waals surface area contributed by atoms with Crippen molar-refractivity contribution in [2.45, 2.75) is 6.92 Å². The highest BCUT2D eigenvalue weighted by Gasteiger charge is 2.01. The van der Waals surface area contributed by atoms with Crippen molar-refractivity contribution in [2.75, 3.05) is 0 Å². The molecule has 0 aliphatic heterocycles. The minimum absolute atomic E-state index is 0.128. The maximum atomic E-state index is 10.3. The lowest BCUT2D eigenvalue weighted by Gasteiger charge is -1.91. The number of nitro benzene ring substituents is 1. The molecule has 1 aromatic carbocycles. The highest BCUT2D eigenvalue weighted by atomic mass is 16.6. The highest BCUT2D eigenvalue weighted by molar-refractivity contribution is 5.51. The zero-order valence-corrected chi connectivity index (χ0v) is 6.73. The summed E-state index contributed by atoms with van der Waals surface area (Å²) in [6.45, 7) is 1.90. The molecule has 0 amide bonds. The van der Waals surface area contributed by atoms with E-state index in [1.807, 2.05) is 19.1 Å². The van der Waals surface area contributed by atoms with Crippen LogP contribution in [0.2, 0.25) is 0 Å². The third-order valence-electron chi connectivity index (χ3n) is 1.46. The molecule has 0 aliphatic carbocycles. The summed E-state index contributed by atoms with van der Waals surface area (Å²) in [7, 11) is 0. The number of nitro groups is 1. The van der Waals surface area contributed by atoms with Gasteiger partial charge in [0.25, 0.3) is 5.69 Å². The number of hydrogen-bond acceptors (Lipinski definition) is 2. The fourth-order valence-electron chi connectivity index (χ4n) is 0.900. The average Bonchev–Trinajstić information content (AvgIpc) is 2.06. The number of benzene rings is 1. The van der Waals surface area contributed by atoms with Gasteiger partial charge in [-0.2, -0.15) is 0 Å². The molecule has 0 fully saturated rings. The number of allylic oxidation sites excluding steroid dienone is 1. The Kier molecular flexibility index (Phi) is 2.58. The summed E-state index contributed by atoms with van der Waals surface area (Å²) in [5.74, 6) is 0. The quantitative estimate of drug-likeness (QED) is 0.496. The average molecular weight is 163 g/mol. The molecular weight excluding hydrogens is 154 g/mol. The van der Waals surface area contributed by atoms with Gasteiger partial charge in [-0.25, -0.2) is 0 Å². The van der Waals surface area contributed by atoms with Crippen LogP contribution in [-0.4, -0.2) is 4.92 Å². The summed E-state index contributed by atoms with van der Waals surface area (Å²) in [4.78, 5) is 9.85. The van der Waals surface area contributed by atoms with Crippen LogP contribution in [0.5, 0.6) is 0 Å². The Morgan fingerprint density at radius 1 is 1.33 bits per heavy atom. The van der Waals surface area contributed by atoms with E-state index in [1.54, 1.807) is 12.1 Å². The summed E-state index contributed by atoms with van der Waals surface area (Å²) in [6, 6.07) is 6.43. The smallest absolute Gasteiger partial charge is 0.258 e. The standard InChI is InChI=1S/C9H9NO2/c1-2-3-8-4-6-9(7-5-8)10(11)12/h2-7H,1H3/b3-2+. The van der Waals surface area contributed by atoms with Gasteiger partial charge in [0.05, 0.1) is 4.92 Å². The van der Waals surface area contributed by atoms with Gasteiger partial charge in [0.2, 0.25) is 0 Å². The van der Waals surface area contributed by atoms with E-state index in [0.717, 1.165) is 5.56 Å². The third-order valence-corrected chi connectivity index (χ3v) is 1.46. The fraction of sp³-hybridized carbons (Fsp3) is 0.111. The molecule has 1 rings (SSSR count). The number of nitrogens with zero attached hydrogens (tertiary/aromatic N) is 1. The van der Waals surface area contributed by atoms with Crippen molar-refractivity contribution in [1.82, 2.24) is 0 Å². The predicted octanol–water partition coefficient (Wildman–Crippen LogP) is 2.63. The van der Waals surface area contributed by atoms with Crippen molar-refractivity contribution in [3.63, 3.8) is 0 Å². The highest BCUT2D eigenvalue weighted by Crippen LogP contribution is 2.12. The first-order chi connectivity index (χ1) is 5.74. The van der Waals surface area contributed by atoms with Crippen molar-refractivity contribution in [3.8, 4) is 0 Å². The van der Waals surface area contributed by atoms with Crippen molar-refractivity contribution in [1.29, 1.82) is 0 Å². The molecule has 3 heteroatoms. The minimum Gasteiger partial charge on any atom is -0.258 e. The fourth-order valence-corrected chi connectivity index (χ4v) is 0.900. The van der Waals surface area contributed by atoms with Crippen LogP contribution in [0.4, 0.5) is 5.69 Å². The monoisotopic (exact) mass is 163 g/mol. The molecule has 0 aromatic heterocycles. The van der Waals surface area contributed by atoms with Crippen LogP contribution in [0.1, 0.15) is 12.5 Å². The lowest BCUT2D eigenvalue weighted by Crippen LogP contribution is -1.86. The summed E-state index contributed by atoms with van der Waals surface area (Å²) in [5, 5.41) is 10.3. The van der Waals surface area contributed by atoms with E-state index >= 15 is 0 Å². The number of rotatable bonds is 2. The van der Waals surface area contributed by atoms with E-state index in [1.165, 1.54) is 12.1 Å². The Bertz CT molecular complexity index is 301. The van der Waals surface area contributed by atoms with Gasteiger partial charge in [-0.15, -0.1) is 0 Å². The summed E-state index contributed by atoms with van der Waals surface area (Å²) in [6.07, 6.45) is 3.78. The summed E-state index contributed by atoms with van der Waals surface area (Å²) >= 11 is 0. The molecule has 0 spiro atoms. The minimum atomic E-state index is -0.403. The van der Waals surface area contributed by atoms with Gasteiger partial charge in [-0.3, -0.25) is 10.1 Å². The maximum Gasteiger partial charge on any atom is 0.269 e. The van der Waals surface area contributed by atoms with E-state index < -0.39 is 4.92 Å². The Balaban J connectivity index is 2.93.